The fourth-order valence-electron chi connectivity index (χ4n) is 2.47. The smallest absolute Gasteiger partial charge is 0.343 e. The molecule has 1 atom stereocenters. The summed E-state index contributed by atoms with van der Waals surface area (Å²) in [6.07, 6.45) is 1.56. The number of aliphatic hydroxyl groups is 1. The lowest BCUT2D eigenvalue weighted by Gasteiger charge is -2.21. The molecule has 1 unspecified atom stereocenters. The third-order valence-corrected chi connectivity index (χ3v) is 4.45. The van der Waals surface area contributed by atoms with E-state index in [-0.39, 0.29) is 29.7 Å². The fraction of sp³-hybridized carbons (Fsp3) is 0.375. The summed E-state index contributed by atoms with van der Waals surface area (Å²) in [6, 6.07) is 0.280. The first-order valence-electron chi connectivity index (χ1n) is 7.37. The number of carbonyl (C=O) groups is 1. The van der Waals surface area contributed by atoms with Gasteiger partial charge in [0.25, 0.3) is 0 Å². The van der Waals surface area contributed by atoms with E-state index < -0.39 is 33.5 Å². The summed E-state index contributed by atoms with van der Waals surface area (Å²) >= 11 is 2.80. The highest BCUT2D eigenvalue weighted by Crippen LogP contribution is 2.29. The molecule has 8 heteroatoms. The van der Waals surface area contributed by atoms with Gasteiger partial charge in [0, 0.05) is 6.20 Å². The molecule has 0 aliphatic rings. The molecular formula is C16H16BrF2NO4. The Morgan fingerprint density at radius 2 is 2.08 bits per heavy atom. The highest BCUT2D eigenvalue weighted by Gasteiger charge is 2.24. The maximum Gasteiger partial charge on any atom is 0.343 e. The van der Waals surface area contributed by atoms with Gasteiger partial charge in [0.15, 0.2) is 5.82 Å². The van der Waals surface area contributed by atoms with E-state index in [1.54, 1.807) is 13.8 Å². The summed E-state index contributed by atoms with van der Waals surface area (Å²) < 4.78 is 34.1. The van der Waals surface area contributed by atoms with Crippen LogP contribution in [0, 0.1) is 11.6 Å². The number of ether oxygens (including phenoxy) is 1. The van der Waals surface area contributed by atoms with Crippen LogP contribution in [-0.4, -0.2) is 28.9 Å². The van der Waals surface area contributed by atoms with Crippen LogP contribution in [0.2, 0.25) is 0 Å². The van der Waals surface area contributed by atoms with Crippen molar-refractivity contribution >= 4 is 32.8 Å². The van der Waals surface area contributed by atoms with E-state index in [2.05, 4.69) is 15.9 Å². The molecular weight excluding hydrogens is 388 g/mol. The van der Waals surface area contributed by atoms with Crippen LogP contribution >= 0.6 is 15.9 Å². The molecule has 2 rings (SSSR count). The molecule has 1 heterocycles. The monoisotopic (exact) mass is 403 g/mol. The van der Waals surface area contributed by atoms with Gasteiger partial charge in [0.2, 0.25) is 5.43 Å². The molecule has 0 fully saturated rings. The first-order valence-corrected chi connectivity index (χ1v) is 8.16. The summed E-state index contributed by atoms with van der Waals surface area (Å²) in [6.45, 7) is 3.05. The average molecular weight is 404 g/mol. The number of benzene rings is 1. The molecule has 1 N–H and O–H groups in total. The minimum Gasteiger partial charge on any atom is -0.462 e. The highest BCUT2D eigenvalue weighted by molar-refractivity contribution is 9.10. The average Bonchev–Trinajstić information content (AvgIpc) is 2.56. The third-order valence-electron chi connectivity index (χ3n) is 3.72. The number of aromatic nitrogens is 1. The molecule has 1 aromatic heterocycles. The van der Waals surface area contributed by atoms with Gasteiger partial charge >= 0.3 is 5.97 Å². The molecule has 0 aliphatic heterocycles. The Bertz CT molecular complexity index is 846. The third kappa shape index (κ3) is 3.08. The minimum absolute atomic E-state index is 0.0522. The van der Waals surface area contributed by atoms with Crippen molar-refractivity contribution in [1.29, 1.82) is 0 Å². The van der Waals surface area contributed by atoms with Crippen LogP contribution in [0.3, 0.4) is 0 Å². The zero-order valence-corrected chi connectivity index (χ0v) is 14.7. The van der Waals surface area contributed by atoms with Crippen molar-refractivity contribution in [2.24, 2.45) is 0 Å². The zero-order valence-electron chi connectivity index (χ0n) is 13.1. The topological polar surface area (TPSA) is 68.5 Å². The van der Waals surface area contributed by atoms with E-state index in [0.717, 1.165) is 12.3 Å². The van der Waals surface area contributed by atoms with Crippen LogP contribution in [-0.2, 0) is 4.74 Å². The van der Waals surface area contributed by atoms with E-state index in [1.807, 2.05) is 0 Å². The Kier molecular flexibility index (Phi) is 5.71. The predicted octanol–water partition coefficient (Wildman–Crippen LogP) is 3.16. The molecule has 0 radical (unpaired) electrons. The molecule has 0 aliphatic carbocycles. The second-order valence-corrected chi connectivity index (χ2v) is 5.92. The van der Waals surface area contributed by atoms with Gasteiger partial charge in [-0.3, -0.25) is 4.79 Å². The van der Waals surface area contributed by atoms with Crippen LogP contribution in [0.5, 0.6) is 0 Å². The quantitative estimate of drug-likeness (QED) is 0.614. The van der Waals surface area contributed by atoms with Gasteiger partial charge < -0.3 is 14.4 Å². The Morgan fingerprint density at radius 3 is 2.62 bits per heavy atom. The number of rotatable bonds is 5. The maximum absolute atomic E-state index is 14.6. The number of nitrogens with zero attached hydrogens (tertiary/aromatic N) is 1. The number of hydrogen-bond donors (Lipinski definition) is 1. The van der Waals surface area contributed by atoms with Gasteiger partial charge in [-0.25, -0.2) is 13.6 Å². The predicted molar refractivity (Wildman–Crippen MR) is 88.2 cm³/mol. The molecule has 0 saturated heterocycles. The Morgan fingerprint density at radius 1 is 1.42 bits per heavy atom. The molecule has 2 aromatic rings. The fourth-order valence-corrected chi connectivity index (χ4v) is 2.78. The summed E-state index contributed by atoms with van der Waals surface area (Å²) in [5.74, 6) is -2.80. The number of carbonyl (C=O) groups excluding carboxylic acids is 1. The number of esters is 1. The summed E-state index contributed by atoms with van der Waals surface area (Å²) in [7, 11) is 0. The van der Waals surface area contributed by atoms with Crippen molar-refractivity contribution in [1.82, 2.24) is 4.57 Å². The van der Waals surface area contributed by atoms with Crippen molar-refractivity contribution < 1.29 is 23.4 Å². The van der Waals surface area contributed by atoms with E-state index in [1.165, 1.54) is 4.57 Å². The van der Waals surface area contributed by atoms with Crippen molar-refractivity contribution in [2.75, 3.05) is 13.2 Å². The van der Waals surface area contributed by atoms with E-state index in [9.17, 15) is 23.5 Å². The highest BCUT2D eigenvalue weighted by atomic mass is 79.9. The normalized spacial score (nSPS) is 12.4. The number of fused-ring (bicyclic) bond motifs is 1. The Balaban J connectivity index is 2.95. The molecule has 24 heavy (non-hydrogen) atoms. The molecule has 0 bridgehead atoms. The second-order valence-electron chi connectivity index (χ2n) is 5.13. The number of pyridine rings is 1. The van der Waals surface area contributed by atoms with Crippen LogP contribution < -0.4 is 5.43 Å². The van der Waals surface area contributed by atoms with Crippen molar-refractivity contribution in [3.05, 3.63) is 44.2 Å². The SMILES string of the molecule is CCOC(=O)c1cn(C(CC)CO)c2c(F)c(Br)c(F)cc2c1=O. The van der Waals surface area contributed by atoms with Crippen LogP contribution in [0.4, 0.5) is 8.78 Å². The Hall–Kier alpha value is -1.80. The summed E-state index contributed by atoms with van der Waals surface area (Å²) in [5, 5.41) is 9.25. The van der Waals surface area contributed by atoms with Crippen LogP contribution in [0.25, 0.3) is 10.9 Å². The lowest BCUT2D eigenvalue weighted by molar-refractivity contribution is 0.0523. The Labute approximate surface area is 145 Å². The molecule has 130 valence electrons. The summed E-state index contributed by atoms with van der Waals surface area (Å²) in [5.41, 5.74) is -1.34. The van der Waals surface area contributed by atoms with Gasteiger partial charge in [-0.05, 0) is 35.3 Å². The van der Waals surface area contributed by atoms with Gasteiger partial charge in [-0.2, -0.15) is 0 Å². The molecule has 5 nitrogen and oxygen atoms in total. The standard InChI is InChI=1S/C16H16BrF2NO4/c1-3-8(7-21)20-6-10(16(23)24-4-2)15(22)9-5-11(18)12(17)13(19)14(9)20/h5-6,8,21H,3-4,7H2,1-2H3. The molecule has 0 amide bonds. The van der Waals surface area contributed by atoms with Gasteiger partial charge in [0.1, 0.15) is 11.4 Å². The van der Waals surface area contributed by atoms with Crippen LogP contribution in [0.15, 0.2) is 21.5 Å². The van der Waals surface area contributed by atoms with Gasteiger partial charge in [-0.1, -0.05) is 6.92 Å². The van der Waals surface area contributed by atoms with E-state index in [4.69, 9.17) is 4.74 Å². The molecule has 0 saturated carbocycles. The largest absolute Gasteiger partial charge is 0.462 e. The summed E-state index contributed by atoms with van der Waals surface area (Å²) in [4.78, 5) is 24.5. The lowest BCUT2D eigenvalue weighted by atomic mass is 10.1. The number of hydrogen-bond acceptors (Lipinski definition) is 4. The molecule has 0 spiro atoms. The van der Waals surface area contributed by atoms with Crippen LogP contribution in [0.1, 0.15) is 36.7 Å². The molecule has 1 aromatic carbocycles. The first kappa shape index (κ1) is 18.5. The van der Waals surface area contributed by atoms with E-state index >= 15 is 0 Å². The minimum atomic E-state index is -0.968. The zero-order chi connectivity index (χ0) is 18.0. The van der Waals surface area contributed by atoms with E-state index in [0.29, 0.717) is 6.42 Å². The van der Waals surface area contributed by atoms with Gasteiger partial charge in [0.05, 0.1) is 34.6 Å². The first-order chi connectivity index (χ1) is 11.4. The maximum atomic E-state index is 14.6. The second kappa shape index (κ2) is 7.40. The van der Waals surface area contributed by atoms with Crippen molar-refractivity contribution in [3.63, 3.8) is 0 Å². The number of halogens is 3. The van der Waals surface area contributed by atoms with Crippen molar-refractivity contribution in [3.8, 4) is 0 Å². The van der Waals surface area contributed by atoms with Gasteiger partial charge in [-0.15, -0.1) is 0 Å². The van der Waals surface area contributed by atoms with Crippen molar-refractivity contribution in [2.45, 2.75) is 26.3 Å². The lowest BCUT2D eigenvalue weighted by Crippen LogP contribution is -2.24. The number of aliphatic hydroxyl groups excluding tert-OH is 1.